The number of hydrogen-bond donors (Lipinski definition) is 0. The minimum Gasteiger partial charge on any atom is -0.370 e. The number of rotatable bonds is 3. The molecule has 0 atom stereocenters. The van der Waals surface area contributed by atoms with Gasteiger partial charge in [-0.05, 0) is 43.7 Å². The number of aryl methyl sites for hydroxylation is 1. The first-order valence-corrected chi connectivity index (χ1v) is 11.3. The maximum Gasteiger partial charge on any atom is 0.175 e. The molecular formula is C21H24N4O2S. The topological polar surface area (TPSA) is 66.4 Å². The van der Waals surface area contributed by atoms with Crippen molar-refractivity contribution in [1.82, 2.24) is 9.97 Å². The van der Waals surface area contributed by atoms with Crippen LogP contribution in [0.5, 0.6) is 0 Å². The summed E-state index contributed by atoms with van der Waals surface area (Å²) in [6.07, 6.45) is 3.79. The average Bonchev–Trinajstić information content (AvgIpc) is 2.93. The summed E-state index contributed by atoms with van der Waals surface area (Å²) in [7, 11) is -3.28. The molecule has 146 valence electrons. The number of sulfone groups is 1. The highest BCUT2D eigenvalue weighted by Gasteiger charge is 2.19. The van der Waals surface area contributed by atoms with Crippen molar-refractivity contribution in [3.63, 3.8) is 0 Å². The fourth-order valence-electron chi connectivity index (χ4n) is 3.65. The molecule has 0 spiro atoms. The van der Waals surface area contributed by atoms with Crippen molar-refractivity contribution in [2.24, 2.45) is 0 Å². The summed E-state index contributed by atoms with van der Waals surface area (Å²) < 4.78 is 24.0. The largest absolute Gasteiger partial charge is 0.370 e. The Balaban J connectivity index is 1.64. The Morgan fingerprint density at radius 3 is 2.36 bits per heavy atom. The first kappa shape index (κ1) is 18.7. The molecule has 7 heteroatoms. The van der Waals surface area contributed by atoms with Crippen molar-refractivity contribution >= 4 is 32.2 Å². The van der Waals surface area contributed by atoms with Gasteiger partial charge in [0.05, 0.1) is 10.4 Å². The Labute approximate surface area is 165 Å². The van der Waals surface area contributed by atoms with Crippen molar-refractivity contribution < 1.29 is 8.42 Å². The monoisotopic (exact) mass is 396 g/mol. The normalized spacial score (nSPS) is 15.6. The van der Waals surface area contributed by atoms with Gasteiger partial charge in [-0.15, -0.1) is 0 Å². The van der Waals surface area contributed by atoms with Crippen LogP contribution in [0.2, 0.25) is 0 Å². The summed E-state index contributed by atoms with van der Waals surface area (Å²) in [5, 5.41) is 0.786. The molecule has 4 rings (SSSR count). The molecule has 0 amide bonds. The van der Waals surface area contributed by atoms with Crippen molar-refractivity contribution in [3.05, 3.63) is 54.4 Å². The molecule has 1 fully saturated rings. The number of nitrogens with zero attached hydrogens (tertiary/aromatic N) is 4. The summed E-state index contributed by atoms with van der Waals surface area (Å²) in [4.78, 5) is 13.7. The Hall–Kier alpha value is -2.67. The van der Waals surface area contributed by atoms with Crippen LogP contribution in [0.4, 0.5) is 11.5 Å². The second kappa shape index (κ2) is 7.39. The van der Waals surface area contributed by atoms with Gasteiger partial charge in [-0.3, -0.25) is 0 Å². The van der Waals surface area contributed by atoms with Crippen LogP contribution in [-0.2, 0) is 9.84 Å². The predicted octanol–water partition coefficient (Wildman–Crippen LogP) is 3.06. The SMILES string of the molecule is Cc1ccc(N2CCCN(c3ncnc4ccc(S(C)(=O)=O)cc34)CC2)cc1. The van der Waals surface area contributed by atoms with Crippen LogP contribution in [0.25, 0.3) is 10.9 Å². The van der Waals surface area contributed by atoms with Gasteiger partial charge in [0.25, 0.3) is 0 Å². The van der Waals surface area contributed by atoms with Gasteiger partial charge in [0.2, 0.25) is 0 Å². The minimum atomic E-state index is -3.28. The Kier molecular flexibility index (Phi) is 4.93. The van der Waals surface area contributed by atoms with E-state index in [1.54, 1.807) is 24.5 Å². The maximum absolute atomic E-state index is 12.0. The molecule has 0 aliphatic carbocycles. The lowest BCUT2D eigenvalue weighted by Gasteiger charge is -2.25. The van der Waals surface area contributed by atoms with E-state index in [0.717, 1.165) is 49.3 Å². The van der Waals surface area contributed by atoms with Crippen molar-refractivity contribution in [2.75, 3.05) is 42.2 Å². The zero-order chi connectivity index (χ0) is 19.7. The van der Waals surface area contributed by atoms with E-state index in [4.69, 9.17) is 0 Å². The third kappa shape index (κ3) is 3.80. The third-order valence-corrected chi connectivity index (χ3v) is 6.32. The van der Waals surface area contributed by atoms with E-state index in [-0.39, 0.29) is 0 Å². The fourth-order valence-corrected chi connectivity index (χ4v) is 4.29. The molecule has 6 nitrogen and oxygen atoms in total. The van der Waals surface area contributed by atoms with Crippen molar-refractivity contribution in [1.29, 1.82) is 0 Å². The van der Waals surface area contributed by atoms with Crippen LogP contribution in [-0.4, -0.2) is 50.8 Å². The molecule has 1 aliphatic heterocycles. The van der Waals surface area contributed by atoms with Gasteiger partial charge < -0.3 is 9.80 Å². The number of benzene rings is 2. The predicted molar refractivity (Wildman–Crippen MR) is 113 cm³/mol. The molecule has 1 saturated heterocycles. The first-order valence-electron chi connectivity index (χ1n) is 9.43. The molecule has 0 bridgehead atoms. The zero-order valence-corrected chi connectivity index (χ0v) is 17.0. The number of fused-ring (bicyclic) bond motifs is 1. The smallest absolute Gasteiger partial charge is 0.175 e. The van der Waals surface area contributed by atoms with E-state index < -0.39 is 9.84 Å². The summed E-state index contributed by atoms with van der Waals surface area (Å²) in [5.41, 5.74) is 3.26. The molecule has 0 N–H and O–H groups in total. The van der Waals surface area contributed by atoms with Gasteiger partial charge in [0.1, 0.15) is 12.1 Å². The molecule has 2 heterocycles. The van der Waals surface area contributed by atoms with E-state index in [1.165, 1.54) is 17.5 Å². The highest BCUT2D eigenvalue weighted by molar-refractivity contribution is 7.90. The quantitative estimate of drug-likeness (QED) is 0.678. The standard InChI is InChI=1S/C21H24N4O2S/c1-16-4-6-17(7-5-16)24-10-3-11-25(13-12-24)21-19-14-18(28(2,26)27)8-9-20(19)22-15-23-21/h4-9,14-15H,3,10-13H2,1-2H3. The summed E-state index contributed by atoms with van der Waals surface area (Å²) in [6.45, 7) is 5.66. The second-order valence-electron chi connectivity index (χ2n) is 7.31. The van der Waals surface area contributed by atoms with Crippen LogP contribution >= 0.6 is 0 Å². The molecule has 3 aromatic rings. The van der Waals surface area contributed by atoms with Gasteiger partial charge in [0, 0.05) is 43.5 Å². The zero-order valence-electron chi connectivity index (χ0n) is 16.2. The highest BCUT2D eigenvalue weighted by atomic mass is 32.2. The first-order chi connectivity index (χ1) is 13.4. The van der Waals surface area contributed by atoms with E-state index in [0.29, 0.717) is 4.90 Å². The minimum absolute atomic E-state index is 0.298. The number of hydrogen-bond acceptors (Lipinski definition) is 6. The molecule has 1 aromatic heterocycles. The van der Waals surface area contributed by atoms with E-state index in [2.05, 4.69) is 51.0 Å². The molecule has 2 aromatic carbocycles. The molecule has 0 saturated carbocycles. The highest BCUT2D eigenvalue weighted by Crippen LogP contribution is 2.27. The second-order valence-corrected chi connectivity index (χ2v) is 9.33. The molecule has 0 unspecified atom stereocenters. The van der Waals surface area contributed by atoms with Gasteiger partial charge in [-0.25, -0.2) is 18.4 Å². The van der Waals surface area contributed by atoms with Gasteiger partial charge in [0.15, 0.2) is 9.84 Å². The lowest BCUT2D eigenvalue weighted by molar-refractivity contribution is 0.602. The van der Waals surface area contributed by atoms with Crippen molar-refractivity contribution in [3.8, 4) is 0 Å². The lowest BCUT2D eigenvalue weighted by Crippen LogP contribution is -2.31. The Morgan fingerprint density at radius 1 is 0.893 bits per heavy atom. The maximum atomic E-state index is 12.0. The van der Waals surface area contributed by atoms with E-state index >= 15 is 0 Å². The van der Waals surface area contributed by atoms with Gasteiger partial charge in [-0.1, -0.05) is 17.7 Å². The van der Waals surface area contributed by atoms with Crippen molar-refractivity contribution in [2.45, 2.75) is 18.2 Å². The molecule has 0 radical (unpaired) electrons. The van der Waals surface area contributed by atoms with E-state index in [1.807, 2.05) is 0 Å². The fraction of sp³-hybridized carbons (Fsp3) is 0.333. The van der Waals surface area contributed by atoms with Crippen LogP contribution in [0.15, 0.2) is 53.7 Å². The Bertz CT molecular complexity index is 1100. The summed E-state index contributed by atoms with van der Waals surface area (Å²) >= 11 is 0. The molecular weight excluding hydrogens is 372 g/mol. The van der Waals surface area contributed by atoms with Crippen LogP contribution in [0.3, 0.4) is 0 Å². The van der Waals surface area contributed by atoms with Crippen LogP contribution in [0, 0.1) is 6.92 Å². The van der Waals surface area contributed by atoms with Crippen LogP contribution < -0.4 is 9.80 Å². The number of anilines is 2. The third-order valence-electron chi connectivity index (χ3n) is 5.21. The summed E-state index contributed by atoms with van der Waals surface area (Å²) in [6, 6.07) is 13.7. The van der Waals surface area contributed by atoms with Crippen LogP contribution in [0.1, 0.15) is 12.0 Å². The molecule has 28 heavy (non-hydrogen) atoms. The molecule has 1 aliphatic rings. The van der Waals surface area contributed by atoms with E-state index in [9.17, 15) is 8.42 Å². The Morgan fingerprint density at radius 2 is 1.61 bits per heavy atom. The van der Waals surface area contributed by atoms with Gasteiger partial charge in [-0.2, -0.15) is 0 Å². The average molecular weight is 397 g/mol. The lowest BCUT2D eigenvalue weighted by atomic mass is 10.2. The van der Waals surface area contributed by atoms with Gasteiger partial charge >= 0.3 is 0 Å². The number of aromatic nitrogens is 2. The summed E-state index contributed by atoms with van der Waals surface area (Å²) in [5.74, 6) is 0.807.